The summed E-state index contributed by atoms with van der Waals surface area (Å²) in [6.45, 7) is 0.407. The van der Waals surface area contributed by atoms with Gasteiger partial charge in [0.2, 0.25) is 5.91 Å². The molecule has 4 nitrogen and oxygen atoms in total. The molecule has 0 bridgehead atoms. The van der Waals surface area contributed by atoms with Gasteiger partial charge in [0.15, 0.2) is 0 Å². The van der Waals surface area contributed by atoms with Crippen molar-refractivity contribution in [3.8, 4) is 0 Å². The molecular weight excluding hydrogens is 375 g/mol. The number of rotatable bonds is 8. The van der Waals surface area contributed by atoms with E-state index in [-0.39, 0.29) is 17.6 Å². The molecule has 0 saturated carbocycles. The molecule has 2 amide bonds. The third-order valence-corrected chi connectivity index (χ3v) is 5.14. The van der Waals surface area contributed by atoms with E-state index < -0.39 is 6.04 Å². The lowest BCUT2D eigenvalue weighted by atomic mass is 10.0. The van der Waals surface area contributed by atoms with Crippen LogP contribution in [0.3, 0.4) is 0 Å². The molecule has 0 fully saturated rings. The second kappa shape index (κ2) is 9.80. The molecule has 0 aliphatic carbocycles. The number of benzene rings is 2. The fraction of sp³-hybridized carbons (Fsp3) is 0.182. The van der Waals surface area contributed by atoms with Crippen molar-refractivity contribution in [3.05, 3.63) is 93.9 Å². The predicted octanol–water partition coefficient (Wildman–Crippen LogP) is 3.59. The summed E-state index contributed by atoms with van der Waals surface area (Å²) in [6.07, 6.45) is 0.989. The summed E-state index contributed by atoms with van der Waals surface area (Å²) in [5.74, 6) is -0.785. The van der Waals surface area contributed by atoms with Crippen LogP contribution >= 0.6 is 11.3 Å². The van der Waals surface area contributed by atoms with Crippen molar-refractivity contribution in [1.29, 1.82) is 0 Å². The lowest BCUT2D eigenvalue weighted by molar-refractivity contribution is -0.122. The van der Waals surface area contributed by atoms with Crippen molar-refractivity contribution >= 4 is 23.2 Å². The standard InChI is InChI=1S/C22H21FN2O2S/c23-18-10-8-16(9-11-18)12-13-24-21(26)19(15-17-5-2-1-3-6-17)25-22(27)20-7-4-14-28-20/h1-11,14,19H,12-13,15H2,(H,24,26)(H,25,27)/t19-/m0/s1. The second-order valence-corrected chi connectivity index (χ2v) is 7.31. The smallest absolute Gasteiger partial charge is 0.262 e. The fourth-order valence-electron chi connectivity index (χ4n) is 2.80. The summed E-state index contributed by atoms with van der Waals surface area (Å²) in [6, 6.07) is 18.6. The molecule has 2 aromatic carbocycles. The average molecular weight is 396 g/mol. The van der Waals surface area contributed by atoms with E-state index in [1.165, 1.54) is 23.5 Å². The van der Waals surface area contributed by atoms with Gasteiger partial charge in [-0.05, 0) is 41.1 Å². The number of hydrogen-bond donors (Lipinski definition) is 2. The topological polar surface area (TPSA) is 58.2 Å². The number of halogens is 1. The van der Waals surface area contributed by atoms with Gasteiger partial charge in [0.25, 0.3) is 5.91 Å². The molecule has 144 valence electrons. The lowest BCUT2D eigenvalue weighted by Crippen LogP contribution is -2.48. The van der Waals surface area contributed by atoms with Crippen LogP contribution < -0.4 is 10.6 Å². The monoisotopic (exact) mass is 396 g/mol. The maximum atomic E-state index is 13.0. The molecule has 3 rings (SSSR count). The zero-order chi connectivity index (χ0) is 19.8. The third-order valence-electron chi connectivity index (χ3n) is 4.28. The molecule has 0 saturated heterocycles. The zero-order valence-electron chi connectivity index (χ0n) is 15.2. The van der Waals surface area contributed by atoms with Crippen LogP contribution in [0.1, 0.15) is 20.8 Å². The van der Waals surface area contributed by atoms with E-state index in [2.05, 4.69) is 10.6 Å². The maximum absolute atomic E-state index is 13.0. The van der Waals surface area contributed by atoms with Gasteiger partial charge >= 0.3 is 0 Å². The Kier molecular flexibility index (Phi) is 6.92. The highest BCUT2D eigenvalue weighted by Crippen LogP contribution is 2.10. The molecule has 2 N–H and O–H groups in total. The second-order valence-electron chi connectivity index (χ2n) is 6.36. The van der Waals surface area contributed by atoms with Crippen LogP contribution in [-0.4, -0.2) is 24.4 Å². The quantitative estimate of drug-likeness (QED) is 0.611. The van der Waals surface area contributed by atoms with E-state index in [1.807, 2.05) is 35.7 Å². The first kappa shape index (κ1) is 19.8. The highest BCUT2D eigenvalue weighted by molar-refractivity contribution is 7.12. The van der Waals surface area contributed by atoms with Crippen molar-refractivity contribution < 1.29 is 14.0 Å². The summed E-state index contributed by atoms with van der Waals surface area (Å²) in [5, 5.41) is 7.53. The normalized spacial score (nSPS) is 11.6. The molecule has 0 radical (unpaired) electrons. The van der Waals surface area contributed by atoms with E-state index >= 15 is 0 Å². The molecule has 0 spiro atoms. The van der Waals surface area contributed by atoms with Crippen molar-refractivity contribution in [1.82, 2.24) is 10.6 Å². The van der Waals surface area contributed by atoms with Crippen LogP contribution in [0.15, 0.2) is 72.1 Å². The van der Waals surface area contributed by atoms with Gasteiger partial charge in [0, 0.05) is 13.0 Å². The molecular formula is C22H21FN2O2S. The van der Waals surface area contributed by atoms with Gasteiger partial charge in [-0.25, -0.2) is 4.39 Å². The number of amides is 2. The summed E-state index contributed by atoms with van der Waals surface area (Å²) >= 11 is 1.33. The van der Waals surface area contributed by atoms with E-state index in [0.29, 0.717) is 24.3 Å². The lowest BCUT2D eigenvalue weighted by Gasteiger charge is -2.18. The summed E-state index contributed by atoms with van der Waals surface area (Å²) in [7, 11) is 0. The van der Waals surface area contributed by atoms with Crippen LogP contribution in [0.2, 0.25) is 0 Å². The molecule has 0 aliphatic heterocycles. The molecule has 1 atom stereocenters. The van der Waals surface area contributed by atoms with Gasteiger partial charge in [0.05, 0.1) is 4.88 Å². The predicted molar refractivity (Wildman–Crippen MR) is 109 cm³/mol. The molecule has 28 heavy (non-hydrogen) atoms. The van der Waals surface area contributed by atoms with E-state index in [1.54, 1.807) is 24.3 Å². The Bertz CT molecular complexity index is 896. The first-order valence-corrected chi connectivity index (χ1v) is 9.90. The highest BCUT2D eigenvalue weighted by Gasteiger charge is 2.22. The fourth-order valence-corrected chi connectivity index (χ4v) is 3.43. The number of nitrogens with one attached hydrogen (secondary N) is 2. The van der Waals surface area contributed by atoms with Crippen LogP contribution in [0, 0.1) is 5.82 Å². The number of thiophene rings is 1. The summed E-state index contributed by atoms with van der Waals surface area (Å²) in [5.41, 5.74) is 1.90. The van der Waals surface area contributed by atoms with E-state index in [9.17, 15) is 14.0 Å². The Morgan fingerprint density at radius 1 is 0.929 bits per heavy atom. The van der Waals surface area contributed by atoms with Crippen molar-refractivity contribution in [2.45, 2.75) is 18.9 Å². The summed E-state index contributed by atoms with van der Waals surface area (Å²) in [4.78, 5) is 25.7. The van der Waals surface area contributed by atoms with Gasteiger partial charge in [-0.2, -0.15) is 0 Å². The first-order valence-electron chi connectivity index (χ1n) is 9.02. The zero-order valence-corrected chi connectivity index (χ0v) is 16.0. The minimum atomic E-state index is -0.676. The number of carbonyl (C=O) groups is 2. The van der Waals surface area contributed by atoms with Crippen molar-refractivity contribution in [2.24, 2.45) is 0 Å². The van der Waals surface area contributed by atoms with Gasteiger partial charge in [-0.15, -0.1) is 11.3 Å². The average Bonchev–Trinajstić information content (AvgIpc) is 3.25. The molecule has 1 aromatic heterocycles. The van der Waals surface area contributed by atoms with Gasteiger partial charge < -0.3 is 10.6 Å². The number of carbonyl (C=O) groups excluding carboxylic acids is 2. The van der Waals surface area contributed by atoms with Crippen LogP contribution in [0.4, 0.5) is 4.39 Å². The molecule has 0 aliphatic rings. The molecule has 0 unspecified atom stereocenters. The third kappa shape index (κ3) is 5.76. The van der Waals surface area contributed by atoms with Crippen molar-refractivity contribution in [3.63, 3.8) is 0 Å². The van der Waals surface area contributed by atoms with Gasteiger partial charge in [-0.1, -0.05) is 48.5 Å². The molecule has 1 heterocycles. The maximum Gasteiger partial charge on any atom is 0.262 e. The molecule has 6 heteroatoms. The Hall–Kier alpha value is -2.99. The SMILES string of the molecule is O=C(N[C@@H](Cc1ccccc1)C(=O)NCCc1ccc(F)cc1)c1cccs1. The minimum Gasteiger partial charge on any atom is -0.354 e. The Labute approximate surface area is 167 Å². The van der Waals surface area contributed by atoms with Crippen LogP contribution in [0.5, 0.6) is 0 Å². The van der Waals surface area contributed by atoms with Crippen LogP contribution in [0.25, 0.3) is 0 Å². The highest BCUT2D eigenvalue weighted by atomic mass is 32.1. The van der Waals surface area contributed by atoms with Gasteiger partial charge in [-0.3, -0.25) is 9.59 Å². The Morgan fingerprint density at radius 3 is 2.36 bits per heavy atom. The largest absolute Gasteiger partial charge is 0.354 e. The minimum absolute atomic E-state index is 0.240. The first-order chi connectivity index (χ1) is 13.6. The summed E-state index contributed by atoms with van der Waals surface area (Å²) < 4.78 is 13.0. The van der Waals surface area contributed by atoms with E-state index in [0.717, 1.165) is 11.1 Å². The number of hydrogen-bond acceptors (Lipinski definition) is 3. The molecule has 3 aromatic rings. The van der Waals surface area contributed by atoms with Crippen LogP contribution in [-0.2, 0) is 17.6 Å². The van der Waals surface area contributed by atoms with Gasteiger partial charge in [0.1, 0.15) is 11.9 Å². The van der Waals surface area contributed by atoms with E-state index in [4.69, 9.17) is 0 Å². The van der Waals surface area contributed by atoms with Crippen molar-refractivity contribution in [2.75, 3.05) is 6.54 Å². The Balaban J connectivity index is 1.61. The Morgan fingerprint density at radius 2 is 1.68 bits per heavy atom.